The van der Waals surface area contributed by atoms with Crippen LogP contribution in [0, 0.1) is 0 Å². The van der Waals surface area contributed by atoms with Gasteiger partial charge in [-0.15, -0.1) is 0 Å². The fourth-order valence-corrected chi connectivity index (χ4v) is 4.28. The van der Waals surface area contributed by atoms with E-state index in [9.17, 15) is 31.4 Å². The van der Waals surface area contributed by atoms with E-state index in [4.69, 9.17) is 0 Å². The minimum Gasteiger partial charge on any atom is -0.371 e. The Hall–Kier alpha value is -2.78. The second-order valence-corrected chi connectivity index (χ2v) is 7.37. The molecule has 1 aliphatic heterocycles. The molecule has 0 spiro atoms. The van der Waals surface area contributed by atoms with Gasteiger partial charge in [-0.05, 0) is 23.3 Å². The number of alkyl halides is 6. The van der Waals surface area contributed by atoms with E-state index in [1.54, 1.807) is 6.07 Å². The smallest absolute Gasteiger partial charge is 0.371 e. The molecule has 0 amide bonds. The van der Waals surface area contributed by atoms with Gasteiger partial charge in [-0.1, -0.05) is 60.7 Å². The molecule has 3 aromatic rings. The Morgan fingerprint density at radius 3 is 1.94 bits per heavy atom. The van der Waals surface area contributed by atoms with Crippen LogP contribution in [0.2, 0.25) is 0 Å². The number of halogens is 6. The lowest BCUT2D eigenvalue weighted by Gasteiger charge is -2.42. The van der Waals surface area contributed by atoms with Gasteiger partial charge in [0.1, 0.15) is 0 Å². The molecule has 4 rings (SSSR count). The van der Waals surface area contributed by atoms with E-state index in [1.807, 2.05) is 0 Å². The standard InChI is InChI=1S/C22H18F6N2O/c23-21(24,25)19(15-7-3-1-4-8-15)17-11-12-18(30(17)14-13-29-19)20(31,22(26,27)28)16-9-5-2-6-10-16/h1-12,29,31H,13-14H2. The van der Waals surface area contributed by atoms with Crippen LogP contribution in [-0.4, -0.2) is 28.6 Å². The maximum absolute atomic E-state index is 14.5. The van der Waals surface area contributed by atoms with Crippen molar-refractivity contribution in [3.05, 3.63) is 95.3 Å². The van der Waals surface area contributed by atoms with E-state index in [1.165, 1.54) is 42.5 Å². The zero-order valence-electron chi connectivity index (χ0n) is 16.0. The molecule has 1 aromatic heterocycles. The maximum atomic E-state index is 14.5. The fourth-order valence-electron chi connectivity index (χ4n) is 4.28. The molecule has 0 radical (unpaired) electrons. The van der Waals surface area contributed by atoms with Crippen molar-refractivity contribution in [2.24, 2.45) is 0 Å². The number of rotatable bonds is 3. The third-order valence-corrected chi connectivity index (χ3v) is 5.69. The van der Waals surface area contributed by atoms with E-state index < -0.39 is 40.4 Å². The van der Waals surface area contributed by atoms with Crippen LogP contribution in [-0.2, 0) is 17.7 Å². The lowest BCUT2D eigenvalue weighted by atomic mass is 9.84. The number of benzene rings is 2. The first-order valence-electron chi connectivity index (χ1n) is 9.46. The molecule has 1 aliphatic rings. The van der Waals surface area contributed by atoms with Crippen LogP contribution >= 0.6 is 0 Å². The van der Waals surface area contributed by atoms with Crippen molar-refractivity contribution in [3.8, 4) is 0 Å². The third kappa shape index (κ3) is 3.06. The molecule has 0 saturated heterocycles. The van der Waals surface area contributed by atoms with E-state index in [0.717, 1.165) is 28.8 Å². The predicted octanol–water partition coefficient (Wildman–Crippen LogP) is 4.70. The molecule has 0 aliphatic carbocycles. The first-order valence-corrected chi connectivity index (χ1v) is 9.46. The lowest BCUT2D eigenvalue weighted by molar-refractivity contribution is -0.251. The summed E-state index contributed by atoms with van der Waals surface area (Å²) < 4.78 is 86.8. The summed E-state index contributed by atoms with van der Waals surface area (Å²) in [6.07, 6.45) is -10.0. The summed E-state index contributed by atoms with van der Waals surface area (Å²) in [5, 5.41) is 13.4. The summed E-state index contributed by atoms with van der Waals surface area (Å²) in [4.78, 5) is 0. The Labute approximate surface area is 173 Å². The van der Waals surface area contributed by atoms with Crippen molar-refractivity contribution in [1.82, 2.24) is 9.88 Å². The van der Waals surface area contributed by atoms with Gasteiger partial charge in [-0.25, -0.2) is 0 Å². The summed E-state index contributed by atoms with van der Waals surface area (Å²) >= 11 is 0. The Morgan fingerprint density at radius 1 is 0.806 bits per heavy atom. The van der Waals surface area contributed by atoms with Gasteiger partial charge in [0.25, 0.3) is 0 Å². The number of nitrogens with one attached hydrogen (secondary N) is 1. The van der Waals surface area contributed by atoms with Crippen molar-refractivity contribution < 1.29 is 31.4 Å². The molecule has 2 heterocycles. The van der Waals surface area contributed by atoms with Crippen LogP contribution in [0.25, 0.3) is 0 Å². The van der Waals surface area contributed by atoms with E-state index in [0.29, 0.717) is 0 Å². The zero-order valence-corrected chi connectivity index (χ0v) is 16.0. The Morgan fingerprint density at radius 2 is 1.39 bits per heavy atom. The van der Waals surface area contributed by atoms with Crippen LogP contribution < -0.4 is 5.32 Å². The van der Waals surface area contributed by atoms with Gasteiger partial charge in [0.2, 0.25) is 5.60 Å². The largest absolute Gasteiger partial charge is 0.427 e. The number of hydrogen-bond donors (Lipinski definition) is 2. The molecule has 164 valence electrons. The average molecular weight is 440 g/mol. The quantitative estimate of drug-likeness (QED) is 0.580. The number of hydrogen-bond acceptors (Lipinski definition) is 2. The Balaban J connectivity index is 2.00. The molecule has 2 N–H and O–H groups in total. The van der Waals surface area contributed by atoms with E-state index in [2.05, 4.69) is 5.32 Å². The number of aliphatic hydroxyl groups is 1. The maximum Gasteiger partial charge on any atom is 0.427 e. The molecule has 2 atom stereocenters. The van der Waals surface area contributed by atoms with Crippen molar-refractivity contribution in [2.45, 2.75) is 30.0 Å². The summed E-state index contributed by atoms with van der Waals surface area (Å²) in [7, 11) is 0. The SMILES string of the molecule is OC(c1ccccc1)(c1ccc2n1CCNC2(c1ccccc1)C(F)(F)F)C(F)(F)F. The summed E-state index contributed by atoms with van der Waals surface area (Å²) in [6.45, 7) is -0.417. The number of fused-ring (bicyclic) bond motifs is 1. The molecule has 0 bridgehead atoms. The van der Waals surface area contributed by atoms with Crippen molar-refractivity contribution >= 4 is 0 Å². The number of aromatic nitrogens is 1. The van der Waals surface area contributed by atoms with E-state index >= 15 is 0 Å². The Bertz CT molecular complexity index is 1050. The van der Waals surface area contributed by atoms with Gasteiger partial charge in [-0.3, -0.25) is 5.32 Å². The molecular weight excluding hydrogens is 422 g/mol. The van der Waals surface area contributed by atoms with Crippen molar-refractivity contribution in [2.75, 3.05) is 6.54 Å². The fraction of sp³-hybridized carbons (Fsp3) is 0.273. The molecule has 2 aromatic carbocycles. The average Bonchev–Trinajstić information content (AvgIpc) is 3.17. The highest BCUT2D eigenvalue weighted by Crippen LogP contribution is 2.50. The van der Waals surface area contributed by atoms with Crippen molar-refractivity contribution in [1.29, 1.82) is 0 Å². The summed E-state index contributed by atoms with van der Waals surface area (Å²) in [5.41, 5.74) is -7.88. The van der Waals surface area contributed by atoms with Gasteiger partial charge in [-0.2, -0.15) is 26.3 Å². The predicted molar refractivity (Wildman–Crippen MR) is 101 cm³/mol. The van der Waals surface area contributed by atoms with Gasteiger partial charge < -0.3 is 9.67 Å². The second kappa shape index (κ2) is 7.13. The zero-order chi connectivity index (χ0) is 22.5. The molecular formula is C22H18F6N2O. The van der Waals surface area contributed by atoms with Gasteiger partial charge >= 0.3 is 12.4 Å². The van der Waals surface area contributed by atoms with Gasteiger partial charge in [0.05, 0.1) is 11.4 Å². The van der Waals surface area contributed by atoms with Gasteiger partial charge in [0.15, 0.2) is 5.54 Å². The van der Waals surface area contributed by atoms with E-state index in [-0.39, 0.29) is 18.7 Å². The minimum atomic E-state index is -5.16. The first kappa shape index (κ1) is 21.5. The molecule has 31 heavy (non-hydrogen) atoms. The van der Waals surface area contributed by atoms with Crippen LogP contribution in [0.5, 0.6) is 0 Å². The van der Waals surface area contributed by atoms with Gasteiger partial charge in [0, 0.05) is 13.1 Å². The summed E-state index contributed by atoms with van der Waals surface area (Å²) in [6, 6.07) is 15.2. The molecule has 0 fully saturated rings. The topological polar surface area (TPSA) is 37.2 Å². The highest BCUT2D eigenvalue weighted by molar-refractivity contribution is 5.44. The third-order valence-electron chi connectivity index (χ3n) is 5.69. The normalized spacial score (nSPS) is 21.4. The Kier molecular flexibility index (Phi) is 4.94. The minimum absolute atomic E-state index is 0.150. The highest BCUT2D eigenvalue weighted by Gasteiger charge is 2.62. The highest BCUT2D eigenvalue weighted by atomic mass is 19.4. The molecule has 3 nitrogen and oxygen atoms in total. The van der Waals surface area contributed by atoms with Crippen LogP contribution in [0.15, 0.2) is 72.8 Å². The first-order chi connectivity index (χ1) is 14.5. The molecule has 2 unspecified atom stereocenters. The lowest BCUT2D eigenvalue weighted by Crippen LogP contribution is -2.59. The van der Waals surface area contributed by atoms with Crippen LogP contribution in [0.3, 0.4) is 0 Å². The van der Waals surface area contributed by atoms with Crippen LogP contribution in [0.4, 0.5) is 26.3 Å². The summed E-state index contributed by atoms with van der Waals surface area (Å²) in [5.74, 6) is 0. The second-order valence-electron chi connectivity index (χ2n) is 7.37. The molecule has 0 saturated carbocycles. The number of nitrogens with zero attached hydrogens (tertiary/aromatic N) is 1. The monoisotopic (exact) mass is 440 g/mol. The molecule has 9 heteroatoms. The van der Waals surface area contributed by atoms with Crippen LogP contribution in [0.1, 0.15) is 22.5 Å². The van der Waals surface area contributed by atoms with Crippen molar-refractivity contribution in [3.63, 3.8) is 0 Å².